The van der Waals surface area contributed by atoms with Gasteiger partial charge in [0.05, 0.1) is 23.9 Å². The Labute approximate surface area is 200 Å². The van der Waals surface area contributed by atoms with E-state index in [9.17, 15) is 4.79 Å². The number of thioether (sulfide) groups is 1. The van der Waals surface area contributed by atoms with Gasteiger partial charge in [-0.15, -0.1) is 11.8 Å². The molecule has 4 aromatic rings. The summed E-state index contributed by atoms with van der Waals surface area (Å²) in [5, 5.41) is 1.41. The van der Waals surface area contributed by atoms with Gasteiger partial charge in [0, 0.05) is 28.7 Å². The molecule has 8 heteroatoms. The van der Waals surface area contributed by atoms with Crippen molar-refractivity contribution in [3.63, 3.8) is 0 Å². The topological polar surface area (TPSA) is 55.3 Å². The van der Waals surface area contributed by atoms with Crippen LogP contribution in [-0.4, -0.2) is 28.7 Å². The molecule has 0 aliphatic carbocycles. The highest BCUT2D eigenvalue weighted by atomic mass is 35.5. The van der Waals surface area contributed by atoms with Crippen LogP contribution in [-0.2, 0) is 11.3 Å². The van der Waals surface area contributed by atoms with Crippen LogP contribution in [0, 0.1) is 0 Å². The van der Waals surface area contributed by atoms with Gasteiger partial charge in [-0.1, -0.05) is 29.0 Å². The number of benzene rings is 2. The van der Waals surface area contributed by atoms with E-state index < -0.39 is 0 Å². The number of fused-ring (bicyclic) bond motifs is 1. The molecule has 32 heavy (non-hydrogen) atoms. The highest BCUT2D eigenvalue weighted by Gasteiger charge is 2.20. The van der Waals surface area contributed by atoms with E-state index in [0.717, 1.165) is 43.6 Å². The van der Waals surface area contributed by atoms with Gasteiger partial charge in [0.25, 0.3) is 0 Å². The fourth-order valence-corrected chi connectivity index (χ4v) is 5.14. The summed E-state index contributed by atoms with van der Waals surface area (Å²) in [6.07, 6.45) is 4.73. The van der Waals surface area contributed by atoms with E-state index in [0.29, 0.717) is 18.1 Å². The Balaban J connectivity index is 1.47. The number of hydrogen-bond donors (Lipinski definition) is 0. The van der Waals surface area contributed by atoms with Crippen LogP contribution >= 0.6 is 34.7 Å². The minimum Gasteiger partial charge on any atom is -0.497 e. The fraction of sp³-hybridized carbons (Fsp3) is 0.208. The first-order valence-corrected chi connectivity index (χ1v) is 12.3. The lowest BCUT2D eigenvalue weighted by Gasteiger charge is -2.20. The van der Waals surface area contributed by atoms with Crippen LogP contribution in [0.2, 0.25) is 5.02 Å². The second-order valence-corrected chi connectivity index (χ2v) is 9.69. The summed E-state index contributed by atoms with van der Waals surface area (Å²) in [5.41, 5.74) is 1.82. The van der Waals surface area contributed by atoms with E-state index in [-0.39, 0.29) is 5.91 Å². The number of pyridine rings is 1. The van der Waals surface area contributed by atoms with Gasteiger partial charge in [0.2, 0.25) is 5.91 Å². The number of nitrogens with zero attached hydrogens (tertiary/aromatic N) is 3. The smallest absolute Gasteiger partial charge is 0.229 e. The summed E-state index contributed by atoms with van der Waals surface area (Å²) in [6, 6.07) is 17.4. The van der Waals surface area contributed by atoms with Gasteiger partial charge in [0.1, 0.15) is 5.75 Å². The highest BCUT2D eigenvalue weighted by molar-refractivity contribution is 7.99. The average Bonchev–Trinajstić information content (AvgIpc) is 3.25. The number of amides is 1. The average molecular weight is 484 g/mol. The van der Waals surface area contributed by atoms with Crippen LogP contribution in [0.5, 0.6) is 5.75 Å². The van der Waals surface area contributed by atoms with Crippen molar-refractivity contribution in [1.29, 1.82) is 0 Å². The second kappa shape index (κ2) is 10.8. The number of carbonyl (C=O) groups is 1. The zero-order valence-corrected chi connectivity index (χ0v) is 19.9. The Morgan fingerprint density at radius 1 is 1.19 bits per heavy atom. The molecular weight excluding hydrogens is 462 g/mol. The largest absolute Gasteiger partial charge is 0.497 e. The number of halogens is 1. The Hall–Kier alpha value is -2.61. The van der Waals surface area contributed by atoms with Crippen LogP contribution in [0.15, 0.2) is 71.9 Å². The van der Waals surface area contributed by atoms with Crippen molar-refractivity contribution in [2.75, 3.05) is 17.8 Å². The van der Waals surface area contributed by atoms with Crippen molar-refractivity contribution in [2.45, 2.75) is 24.3 Å². The highest BCUT2D eigenvalue weighted by Crippen LogP contribution is 2.33. The third kappa shape index (κ3) is 5.79. The minimum atomic E-state index is 0.0524. The van der Waals surface area contributed by atoms with Gasteiger partial charge in [0.15, 0.2) is 5.13 Å². The van der Waals surface area contributed by atoms with Crippen LogP contribution in [0.25, 0.3) is 10.2 Å². The van der Waals surface area contributed by atoms with E-state index >= 15 is 0 Å². The molecule has 0 saturated carbocycles. The first-order chi connectivity index (χ1) is 15.6. The maximum atomic E-state index is 13.2. The van der Waals surface area contributed by atoms with E-state index in [1.54, 1.807) is 36.2 Å². The Morgan fingerprint density at radius 3 is 2.78 bits per heavy atom. The SMILES string of the molecule is COc1ccc2nc(N(Cc3cccnc3)C(=O)CCCSc3ccc(Cl)cc3)sc2c1. The molecule has 0 fully saturated rings. The zero-order valence-electron chi connectivity index (χ0n) is 17.5. The molecule has 0 radical (unpaired) electrons. The van der Waals surface area contributed by atoms with E-state index in [1.807, 2.05) is 54.6 Å². The quantitative estimate of drug-likeness (QED) is 0.202. The molecule has 0 bridgehead atoms. The Kier molecular flexibility index (Phi) is 7.63. The van der Waals surface area contributed by atoms with E-state index in [1.165, 1.54) is 11.3 Å². The second-order valence-electron chi connectivity index (χ2n) is 7.08. The van der Waals surface area contributed by atoms with Crippen molar-refractivity contribution in [1.82, 2.24) is 9.97 Å². The van der Waals surface area contributed by atoms with Crippen molar-refractivity contribution in [2.24, 2.45) is 0 Å². The number of aromatic nitrogens is 2. The number of carbonyl (C=O) groups excluding carboxylic acids is 1. The number of rotatable bonds is 9. The molecule has 2 heterocycles. The number of methoxy groups -OCH3 is 1. The lowest BCUT2D eigenvalue weighted by Crippen LogP contribution is -2.30. The van der Waals surface area contributed by atoms with Crippen LogP contribution in [0.3, 0.4) is 0 Å². The van der Waals surface area contributed by atoms with Gasteiger partial charge < -0.3 is 4.74 Å². The normalized spacial score (nSPS) is 10.9. The molecule has 0 spiro atoms. The minimum absolute atomic E-state index is 0.0524. The lowest BCUT2D eigenvalue weighted by molar-refractivity contribution is -0.118. The van der Waals surface area contributed by atoms with Gasteiger partial charge >= 0.3 is 0 Å². The van der Waals surface area contributed by atoms with Crippen molar-refractivity contribution >= 4 is 56.0 Å². The molecule has 0 aliphatic rings. The monoisotopic (exact) mass is 483 g/mol. The predicted octanol–water partition coefficient (Wildman–Crippen LogP) is 6.46. The summed E-state index contributed by atoms with van der Waals surface area (Å²) < 4.78 is 6.31. The summed E-state index contributed by atoms with van der Waals surface area (Å²) in [5.74, 6) is 1.68. The third-order valence-electron chi connectivity index (χ3n) is 4.80. The molecule has 1 amide bonds. The molecule has 0 atom stereocenters. The summed E-state index contributed by atoms with van der Waals surface area (Å²) in [6.45, 7) is 0.438. The molecule has 164 valence electrons. The van der Waals surface area contributed by atoms with E-state index in [2.05, 4.69) is 4.98 Å². The standard InChI is InChI=1S/C24H22ClN3O2S2/c1-30-19-8-11-21-22(14-19)32-24(27-21)28(16-17-4-2-12-26-15-17)23(29)5-3-13-31-20-9-6-18(25)7-10-20/h2,4,6-12,14-15H,3,5,13,16H2,1H3. The molecule has 0 saturated heterocycles. The Morgan fingerprint density at radius 2 is 2.03 bits per heavy atom. The maximum absolute atomic E-state index is 13.2. The maximum Gasteiger partial charge on any atom is 0.229 e. The van der Waals surface area contributed by atoms with Gasteiger partial charge in [-0.2, -0.15) is 0 Å². The molecule has 4 rings (SSSR count). The van der Waals surface area contributed by atoms with E-state index in [4.69, 9.17) is 21.3 Å². The summed E-state index contributed by atoms with van der Waals surface area (Å²) in [4.78, 5) is 25.0. The summed E-state index contributed by atoms with van der Waals surface area (Å²) >= 11 is 9.16. The number of hydrogen-bond acceptors (Lipinski definition) is 6. The van der Waals surface area contributed by atoms with Gasteiger partial charge in [-0.05, 0) is 66.3 Å². The number of thiazole rings is 1. The Bertz CT molecular complexity index is 1180. The van der Waals surface area contributed by atoms with Crippen molar-refractivity contribution < 1.29 is 9.53 Å². The number of ether oxygens (including phenoxy) is 1. The third-order valence-corrected chi connectivity index (χ3v) is 7.19. The van der Waals surface area contributed by atoms with Crippen LogP contribution in [0.1, 0.15) is 18.4 Å². The zero-order chi connectivity index (χ0) is 22.3. The predicted molar refractivity (Wildman–Crippen MR) is 133 cm³/mol. The molecule has 0 unspecified atom stereocenters. The summed E-state index contributed by atoms with van der Waals surface area (Å²) in [7, 11) is 1.64. The van der Waals surface area contributed by atoms with Crippen LogP contribution < -0.4 is 9.64 Å². The van der Waals surface area contributed by atoms with Crippen molar-refractivity contribution in [3.8, 4) is 5.75 Å². The van der Waals surface area contributed by atoms with Crippen molar-refractivity contribution in [3.05, 3.63) is 77.6 Å². The van der Waals surface area contributed by atoms with Gasteiger partial charge in [-0.3, -0.25) is 14.7 Å². The molecule has 0 N–H and O–H groups in total. The van der Waals surface area contributed by atoms with Gasteiger partial charge in [-0.25, -0.2) is 4.98 Å². The number of anilines is 1. The van der Waals surface area contributed by atoms with Crippen LogP contribution in [0.4, 0.5) is 5.13 Å². The molecule has 0 aliphatic heterocycles. The fourth-order valence-electron chi connectivity index (χ4n) is 3.15. The molecule has 2 aromatic carbocycles. The lowest BCUT2D eigenvalue weighted by atomic mass is 10.2. The molecule has 2 aromatic heterocycles. The first-order valence-electron chi connectivity index (χ1n) is 10.1. The molecular formula is C24H22ClN3O2S2. The first kappa shape index (κ1) is 22.6. The molecule has 5 nitrogen and oxygen atoms in total.